The minimum Gasteiger partial charge on any atom is -0.463 e. The van der Waals surface area contributed by atoms with Crippen LogP contribution in [-0.4, -0.2) is 30.4 Å². The Balaban J connectivity index is 1.48. The van der Waals surface area contributed by atoms with Crippen molar-refractivity contribution in [1.29, 1.82) is 0 Å². The molecule has 0 aliphatic heterocycles. The number of carbonyl (C=O) groups is 3. The number of fused-ring (bicyclic) bond motifs is 1. The molecule has 0 aromatic heterocycles. The molecule has 0 heterocycles. The molecule has 5 heteroatoms. The third-order valence-corrected chi connectivity index (χ3v) is 5.99. The average Bonchev–Trinajstić information content (AvgIpc) is 3.48. The number of ketones is 1. The molecule has 0 N–H and O–H groups in total. The summed E-state index contributed by atoms with van der Waals surface area (Å²) in [6, 6.07) is 8.75. The lowest BCUT2D eigenvalue weighted by atomic mass is 9.62. The van der Waals surface area contributed by atoms with Crippen LogP contribution in [0.3, 0.4) is 0 Å². The quantitative estimate of drug-likeness (QED) is 0.438. The lowest BCUT2D eigenvalue weighted by molar-refractivity contribution is -0.169. The number of benzene rings is 1. The van der Waals surface area contributed by atoms with Crippen LogP contribution in [0.25, 0.3) is 0 Å². The van der Waals surface area contributed by atoms with Crippen molar-refractivity contribution in [2.75, 3.05) is 6.61 Å². The topological polar surface area (TPSA) is 69.7 Å². The van der Waals surface area contributed by atoms with E-state index in [0.29, 0.717) is 17.4 Å². The molecule has 6 atom stereocenters. The number of ether oxygens (including phenoxy) is 2. The predicted molar refractivity (Wildman–Crippen MR) is 97.7 cm³/mol. The molecule has 1 aromatic carbocycles. The van der Waals surface area contributed by atoms with E-state index in [1.54, 1.807) is 38.1 Å². The summed E-state index contributed by atoms with van der Waals surface area (Å²) < 4.78 is 10.8. The maximum absolute atomic E-state index is 12.9. The van der Waals surface area contributed by atoms with E-state index in [2.05, 4.69) is 12.2 Å². The summed E-state index contributed by atoms with van der Waals surface area (Å²) in [6.07, 6.45) is 4.95. The molecule has 0 spiro atoms. The standard InChI is InChI=1S/C22H24O5/c1-12(2)27-22(25)20-15-9-8-14(16-10-17(15)16)19(20)21(24)26-11-18(23)13-6-4-3-5-7-13/h3-9,12,14-17,19-20H,10-11H2,1-2H3/t14-,15-,16-,17-,19+,20+/m1/s1. The summed E-state index contributed by atoms with van der Waals surface area (Å²) in [6.45, 7) is 3.31. The molecule has 4 aliphatic carbocycles. The molecular weight excluding hydrogens is 344 g/mol. The lowest BCUT2D eigenvalue weighted by Crippen LogP contribution is -2.48. The van der Waals surface area contributed by atoms with E-state index in [9.17, 15) is 14.4 Å². The van der Waals surface area contributed by atoms with Gasteiger partial charge in [0.25, 0.3) is 0 Å². The van der Waals surface area contributed by atoms with Crippen LogP contribution >= 0.6 is 0 Å². The molecule has 5 rings (SSSR count). The van der Waals surface area contributed by atoms with E-state index >= 15 is 0 Å². The van der Waals surface area contributed by atoms with Gasteiger partial charge in [-0.05, 0) is 43.9 Å². The fraction of sp³-hybridized carbons (Fsp3) is 0.500. The summed E-state index contributed by atoms with van der Waals surface area (Å²) in [4.78, 5) is 37.8. The van der Waals surface area contributed by atoms with Crippen molar-refractivity contribution >= 4 is 17.7 Å². The van der Waals surface area contributed by atoms with E-state index in [1.165, 1.54) is 0 Å². The summed E-state index contributed by atoms with van der Waals surface area (Å²) >= 11 is 0. The van der Waals surface area contributed by atoms with Gasteiger partial charge in [-0.3, -0.25) is 14.4 Å². The molecule has 27 heavy (non-hydrogen) atoms. The number of Topliss-reactive ketones (excluding diaryl/α,β-unsaturated/α-hetero) is 1. The van der Waals surface area contributed by atoms with Gasteiger partial charge in [0.1, 0.15) is 0 Å². The molecule has 2 fully saturated rings. The van der Waals surface area contributed by atoms with Crippen LogP contribution in [0.1, 0.15) is 30.6 Å². The molecule has 2 bridgehead atoms. The van der Waals surface area contributed by atoms with Gasteiger partial charge in [-0.25, -0.2) is 0 Å². The highest BCUT2D eigenvalue weighted by atomic mass is 16.5. The van der Waals surface area contributed by atoms with E-state index in [1.807, 2.05) is 6.07 Å². The Morgan fingerprint density at radius 2 is 1.56 bits per heavy atom. The fourth-order valence-corrected chi connectivity index (χ4v) is 4.77. The Hall–Kier alpha value is -2.43. The number of hydrogen-bond donors (Lipinski definition) is 0. The summed E-state index contributed by atoms with van der Waals surface area (Å²) in [5, 5.41) is 0. The second-order valence-electron chi connectivity index (χ2n) is 8.04. The molecule has 5 nitrogen and oxygen atoms in total. The monoisotopic (exact) mass is 368 g/mol. The van der Waals surface area contributed by atoms with Gasteiger partial charge in [0.2, 0.25) is 0 Å². The van der Waals surface area contributed by atoms with Crippen LogP contribution < -0.4 is 0 Å². The highest BCUT2D eigenvalue weighted by Crippen LogP contribution is 2.63. The van der Waals surface area contributed by atoms with Gasteiger partial charge in [0.15, 0.2) is 12.4 Å². The third-order valence-electron chi connectivity index (χ3n) is 5.99. The largest absolute Gasteiger partial charge is 0.463 e. The van der Waals surface area contributed by atoms with Gasteiger partial charge in [-0.2, -0.15) is 0 Å². The van der Waals surface area contributed by atoms with E-state index < -0.39 is 17.8 Å². The van der Waals surface area contributed by atoms with Gasteiger partial charge < -0.3 is 9.47 Å². The zero-order valence-corrected chi connectivity index (χ0v) is 15.5. The first kappa shape index (κ1) is 18.0. The number of esters is 2. The Labute approximate surface area is 158 Å². The average molecular weight is 368 g/mol. The summed E-state index contributed by atoms with van der Waals surface area (Å²) in [5.74, 6) is -1.14. The van der Waals surface area contributed by atoms with Crippen molar-refractivity contribution in [2.45, 2.75) is 26.4 Å². The number of rotatable bonds is 6. The van der Waals surface area contributed by atoms with Gasteiger partial charge >= 0.3 is 11.9 Å². The second kappa shape index (κ2) is 6.95. The Bertz CT molecular complexity index is 781. The van der Waals surface area contributed by atoms with Crippen LogP contribution in [0.15, 0.2) is 42.5 Å². The van der Waals surface area contributed by atoms with E-state index in [-0.39, 0.29) is 36.3 Å². The molecule has 0 saturated heterocycles. The van der Waals surface area contributed by atoms with Crippen LogP contribution in [0.4, 0.5) is 0 Å². The Kier molecular flexibility index (Phi) is 4.62. The number of hydrogen-bond acceptors (Lipinski definition) is 5. The first-order valence-electron chi connectivity index (χ1n) is 9.61. The Morgan fingerprint density at radius 3 is 2.15 bits per heavy atom. The molecule has 0 radical (unpaired) electrons. The normalized spacial score (nSPS) is 32.7. The highest BCUT2D eigenvalue weighted by molar-refractivity contribution is 5.98. The minimum atomic E-state index is -0.557. The van der Waals surface area contributed by atoms with Crippen molar-refractivity contribution in [3.05, 3.63) is 48.0 Å². The molecule has 0 unspecified atom stereocenters. The minimum absolute atomic E-state index is 0.00374. The van der Waals surface area contributed by atoms with Crippen LogP contribution in [0, 0.1) is 35.5 Å². The van der Waals surface area contributed by atoms with Crippen LogP contribution in [0.5, 0.6) is 0 Å². The molecule has 1 aromatic rings. The second-order valence-corrected chi connectivity index (χ2v) is 8.04. The fourth-order valence-electron chi connectivity index (χ4n) is 4.77. The maximum Gasteiger partial charge on any atom is 0.310 e. The summed E-state index contributed by atoms with van der Waals surface area (Å²) in [7, 11) is 0. The first-order valence-corrected chi connectivity index (χ1v) is 9.61. The van der Waals surface area contributed by atoms with E-state index in [0.717, 1.165) is 6.42 Å². The SMILES string of the molecule is CC(C)OC(=O)[C@H]1[C@@H]2C=C[C@H]([C@H]3C[C@H]23)[C@@H]1C(=O)OCC(=O)c1ccccc1. The smallest absolute Gasteiger partial charge is 0.310 e. The molecule has 0 amide bonds. The molecule has 2 saturated carbocycles. The van der Waals surface area contributed by atoms with Gasteiger partial charge in [0, 0.05) is 5.56 Å². The lowest BCUT2D eigenvalue weighted by Gasteiger charge is -2.41. The van der Waals surface area contributed by atoms with Crippen molar-refractivity contribution in [1.82, 2.24) is 0 Å². The number of carbonyl (C=O) groups excluding carboxylic acids is 3. The number of allylic oxidation sites excluding steroid dienone is 2. The van der Waals surface area contributed by atoms with E-state index in [4.69, 9.17) is 9.47 Å². The van der Waals surface area contributed by atoms with Crippen LogP contribution in [0.2, 0.25) is 0 Å². The van der Waals surface area contributed by atoms with Crippen molar-refractivity contribution in [3.63, 3.8) is 0 Å². The highest BCUT2D eigenvalue weighted by Gasteiger charge is 2.63. The van der Waals surface area contributed by atoms with Crippen molar-refractivity contribution in [3.8, 4) is 0 Å². The predicted octanol–water partition coefficient (Wildman–Crippen LogP) is 3.05. The van der Waals surface area contributed by atoms with Crippen LogP contribution in [-0.2, 0) is 19.1 Å². The molecular formula is C22H24O5. The zero-order chi connectivity index (χ0) is 19.1. The molecule has 142 valence electrons. The summed E-state index contributed by atoms with van der Waals surface area (Å²) in [5.41, 5.74) is 0.508. The molecule has 4 aliphatic rings. The Morgan fingerprint density at radius 1 is 0.963 bits per heavy atom. The van der Waals surface area contributed by atoms with Crippen molar-refractivity contribution in [2.24, 2.45) is 35.5 Å². The van der Waals surface area contributed by atoms with Gasteiger partial charge in [0.05, 0.1) is 17.9 Å². The van der Waals surface area contributed by atoms with Crippen molar-refractivity contribution < 1.29 is 23.9 Å². The zero-order valence-electron chi connectivity index (χ0n) is 15.5. The van der Waals surface area contributed by atoms with Gasteiger partial charge in [-0.1, -0.05) is 42.5 Å². The first-order chi connectivity index (χ1) is 13.0. The third kappa shape index (κ3) is 3.31. The van der Waals surface area contributed by atoms with Gasteiger partial charge in [-0.15, -0.1) is 0 Å². The maximum atomic E-state index is 12.9.